The molecule has 1 amide bonds. The number of amides is 1. The van der Waals surface area contributed by atoms with Crippen LogP contribution < -0.4 is 20.2 Å². The Labute approximate surface area is 265 Å². The number of piperazine rings is 1. The fourth-order valence-corrected chi connectivity index (χ4v) is 11.5. The van der Waals surface area contributed by atoms with Crippen molar-refractivity contribution in [1.29, 1.82) is 0 Å². The van der Waals surface area contributed by atoms with Crippen LogP contribution in [0.25, 0.3) is 0 Å². The minimum atomic E-state index is -3.21. The number of sulfonamides is 1. The standard InChI is InChI=1S/C33H44N6O5S/c40-32(35-31-24-17-23-18-25(31)21-33(41,19-23)20-24)44-39-16-15-38(28-7-3-4-8-29(28)39)30-10-9-26(22-34-30)36-11-13-37(14-12-36)45(42,43)27-5-1-2-6-27/h3-4,7-10,22-25,27,31,41H,1-2,5-6,11-21H2,(H,35,40)/t23?,24-,25+,31?,33?. The van der Waals surface area contributed by atoms with Crippen LogP contribution in [0.2, 0.25) is 0 Å². The summed E-state index contributed by atoms with van der Waals surface area (Å²) in [5.41, 5.74) is 2.18. The maximum Gasteiger partial charge on any atom is 0.431 e. The van der Waals surface area contributed by atoms with Gasteiger partial charge in [-0.2, -0.15) is 4.31 Å². The minimum Gasteiger partial charge on any atom is -0.390 e. The van der Waals surface area contributed by atoms with E-state index in [0.717, 1.165) is 80.7 Å². The van der Waals surface area contributed by atoms with Gasteiger partial charge >= 0.3 is 6.09 Å². The molecule has 5 saturated carbocycles. The van der Waals surface area contributed by atoms with Crippen molar-refractivity contribution in [2.45, 2.75) is 74.7 Å². The van der Waals surface area contributed by atoms with Crippen molar-refractivity contribution in [1.82, 2.24) is 14.6 Å². The number of para-hydroxylation sites is 2. The van der Waals surface area contributed by atoms with E-state index in [2.05, 4.69) is 21.2 Å². The summed E-state index contributed by atoms with van der Waals surface area (Å²) in [6.07, 6.45) is 9.67. The molecule has 1 saturated heterocycles. The first-order valence-electron chi connectivity index (χ1n) is 16.8. The molecule has 11 nitrogen and oxygen atoms in total. The Morgan fingerprint density at radius 1 is 0.911 bits per heavy atom. The molecule has 0 radical (unpaired) electrons. The number of hydrogen-bond acceptors (Lipinski definition) is 9. The van der Waals surface area contributed by atoms with Crippen molar-refractivity contribution in [3.63, 3.8) is 0 Å². The van der Waals surface area contributed by atoms with Crippen molar-refractivity contribution >= 4 is 39.0 Å². The first-order valence-corrected chi connectivity index (χ1v) is 18.3. The number of carbonyl (C=O) groups is 1. The van der Waals surface area contributed by atoms with Crippen LogP contribution in [-0.4, -0.2) is 85.1 Å². The molecule has 5 aliphatic carbocycles. The second-order valence-electron chi connectivity index (χ2n) is 14.2. The molecule has 12 heteroatoms. The van der Waals surface area contributed by atoms with Crippen molar-refractivity contribution in [2.24, 2.45) is 17.8 Å². The van der Waals surface area contributed by atoms with Crippen LogP contribution in [0.3, 0.4) is 0 Å². The molecule has 0 spiro atoms. The summed E-state index contributed by atoms with van der Waals surface area (Å²) in [4.78, 5) is 28.2. The summed E-state index contributed by atoms with van der Waals surface area (Å²) in [5, 5.41) is 15.6. The first kappa shape index (κ1) is 29.3. The zero-order chi connectivity index (χ0) is 30.8. The van der Waals surface area contributed by atoms with E-state index >= 15 is 0 Å². The Morgan fingerprint density at radius 2 is 1.62 bits per heavy atom. The number of nitrogens with one attached hydrogen (secondary N) is 1. The van der Waals surface area contributed by atoms with Gasteiger partial charge in [-0.25, -0.2) is 23.3 Å². The summed E-state index contributed by atoms with van der Waals surface area (Å²) in [6.45, 7) is 3.40. The first-order chi connectivity index (χ1) is 21.8. The third kappa shape index (κ3) is 5.42. The smallest absolute Gasteiger partial charge is 0.390 e. The number of aliphatic hydroxyl groups is 1. The van der Waals surface area contributed by atoms with E-state index in [9.17, 15) is 18.3 Å². The number of carbonyl (C=O) groups excluding carboxylic acids is 1. The number of nitrogens with zero attached hydrogens (tertiary/aromatic N) is 5. The van der Waals surface area contributed by atoms with Crippen LogP contribution in [0, 0.1) is 17.8 Å². The van der Waals surface area contributed by atoms with E-state index in [4.69, 9.17) is 9.82 Å². The number of anilines is 4. The molecule has 5 atom stereocenters. The maximum absolute atomic E-state index is 13.2. The molecule has 2 aliphatic heterocycles. The quantitative estimate of drug-likeness (QED) is 0.485. The molecule has 4 bridgehead atoms. The predicted molar refractivity (Wildman–Crippen MR) is 172 cm³/mol. The van der Waals surface area contributed by atoms with E-state index in [1.54, 1.807) is 9.37 Å². The van der Waals surface area contributed by atoms with Gasteiger partial charge in [-0.1, -0.05) is 25.0 Å². The lowest BCUT2D eigenvalue weighted by molar-refractivity contribution is -0.137. The van der Waals surface area contributed by atoms with Crippen molar-refractivity contribution in [2.75, 3.05) is 54.1 Å². The van der Waals surface area contributed by atoms with E-state index in [-0.39, 0.29) is 11.3 Å². The van der Waals surface area contributed by atoms with Gasteiger partial charge < -0.3 is 25.1 Å². The zero-order valence-corrected chi connectivity index (χ0v) is 26.6. The average Bonchev–Trinajstić information content (AvgIpc) is 3.59. The molecular formula is C33H44N6O5S. The topological polar surface area (TPSA) is 119 Å². The highest BCUT2D eigenvalue weighted by Crippen LogP contribution is 2.55. The molecule has 2 N–H and O–H groups in total. The SMILES string of the molecule is O=C(NC1[C@@H]2CC3C[C@H]1CC(O)(C3)C2)ON1CCN(c2ccc(N3CCN(S(=O)(=O)C4CCCC4)CC3)cn2)c2ccccc21. The highest BCUT2D eigenvalue weighted by molar-refractivity contribution is 7.89. The summed E-state index contributed by atoms with van der Waals surface area (Å²) in [6, 6.07) is 12.0. The van der Waals surface area contributed by atoms with Gasteiger partial charge in [0.1, 0.15) is 5.82 Å². The van der Waals surface area contributed by atoms with Gasteiger partial charge in [0.2, 0.25) is 10.0 Å². The molecule has 45 heavy (non-hydrogen) atoms. The van der Waals surface area contributed by atoms with E-state index in [0.29, 0.717) is 57.0 Å². The predicted octanol–water partition coefficient (Wildman–Crippen LogP) is 4.01. The van der Waals surface area contributed by atoms with E-state index in [1.807, 2.05) is 36.5 Å². The molecular weight excluding hydrogens is 592 g/mol. The number of benzene rings is 1. The second-order valence-corrected chi connectivity index (χ2v) is 16.4. The number of fused-ring (bicyclic) bond motifs is 1. The number of rotatable bonds is 6. The zero-order valence-electron chi connectivity index (χ0n) is 25.8. The molecule has 3 heterocycles. The lowest BCUT2D eigenvalue weighted by Gasteiger charge is -2.57. The van der Waals surface area contributed by atoms with Gasteiger partial charge in [-0.05, 0) is 87.0 Å². The van der Waals surface area contributed by atoms with E-state index < -0.39 is 21.7 Å². The summed E-state index contributed by atoms with van der Waals surface area (Å²) >= 11 is 0. The van der Waals surface area contributed by atoms with Crippen LogP contribution in [0.4, 0.5) is 27.7 Å². The molecule has 6 fully saturated rings. The van der Waals surface area contributed by atoms with Crippen molar-refractivity contribution < 1.29 is 23.2 Å². The normalized spacial score (nSPS) is 31.7. The second kappa shape index (κ2) is 11.3. The van der Waals surface area contributed by atoms with Gasteiger partial charge in [-0.15, -0.1) is 0 Å². The molecule has 2 aromatic rings. The highest BCUT2D eigenvalue weighted by Gasteiger charge is 2.55. The van der Waals surface area contributed by atoms with Gasteiger partial charge in [0.15, 0.2) is 0 Å². The fraction of sp³-hybridized carbons (Fsp3) is 0.636. The van der Waals surface area contributed by atoms with E-state index in [1.165, 1.54) is 0 Å². The van der Waals surface area contributed by atoms with Crippen LogP contribution in [0.1, 0.15) is 57.8 Å². The average molecular weight is 637 g/mol. The molecule has 9 rings (SSSR count). The number of hydrogen-bond donors (Lipinski definition) is 2. The molecule has 1 aromatic carbocycles. The maximum atomic E-state index is 13.2. The Morgan fingerprint density at radius 3 is 2.29 bits per heavy atom. The highest BCUT2D eigenvalue weighted by atomic mass is 32.2. The van der Waals surface area contributed by atoms with Crippen LogP contribution in [-0.2, 0) is 14.9 Å². The third-order valence-corrected chi connectivity index (χ3v) is 13.8. The molecule has 3 unspecified atom stereocenters. The van der Waals surface area contributed by atoms with Gasteiger partial charge in [0.05, 0.1) is 40.7 Å². The lowest BCUT2D eigenvalue weighted by Crippen LogP contribution is -2.62. The van der Waals surface area contributed by atoms with Crippen LogP contribution >= 0.6 is 0 Å². The van der Waals surface area contributed by atoms with Crippen molar-refractivity contribution in [3.05, 3.63) is 42.6 Å². The summed E-state index contributed by atoms with van der Waals surface area (Å²) < 4.78 is 27.8. The van der Waals surface area contributed by atoms with Gasteiger partial charge in [0.25, 0.3) is 0 Å². The largest absolute Gasteiger partial charge is 0.431 e. The number of pyridine rings is 1. The molecule has 7 aliphatic rings. The summed E-state index contributed by atoms with van der Waals surface area (Å²) in [5.74, 6) is 2.03. The molecule has 242 valence electrons. The molecule has 1 aromatic heterocycles. The fourth-order valence-electron chi connectivity index (χ4n) is 9.47. The monoisotopic (exact) mass is 636 g/mol. The third-order valence-electron chi connectivity index (χ3n) is 11.4. The Balaban J connectivity index is 0.902. The van der Waals surface area contributed by atoms with Gasteiger partial charge in [0, 0.05) is 38.8 Å². The Hall–Kier alpha value is -3.09. The summed E-state index contributed by atoms with van der Waals surface area (Å²) in [7, 11) is -3.21. The van der Waals surface area contributed by atoms with Crippen LogP contribution in [0.15, 0.2) is 42.6 Å². The number of hydroxylamine groups is 1. The Bertz CT molecular complexity index is 1510. The van der Waals surface area contributed by atoms with Gasteiger partial charge in [-0.3, -0.25) is 0 Å². The minimum absolute atomic E-state index is 0.0632. The lowest BCUT2D eigenvalue weighted by atomic mass is 9.52. The Kier molecular flexibility index (Phi) is 7.37. The number of aromatic nitrogens is 1. The van der Waals surface area contributed by atoms with Crippen molar-refractivity contribution in [3.8, 4) is 0 Å². The van der Waals surface area contributed by atoms with Crippen LogP contribution in [0.5, 0.6) is 0 Å².